The second-order valence-electron chi connectivity index (χ2n) is 4.82. The van der Waals surface area contributed by atoms with Crippen LogP contribution in [0.15, 0.2) is 53.4 Å². The van der Waals surface area contributed by atoms with Crippen LogP contribution in [0.1, 0.15) is 5.56 Å². The van der Waals surface area contributed by atoms with Crippen molar-refractivity contribution >= 4 is 35.0 Å². The van der Waals surface area contributed by atoms with Crippen LogP contribution in [0.2, 0.25) is 0 Å². The summed E-state index contributed by atoms with van der Waals surface area (Å²) in [7, 11) is 0. The number of thioether (sulfide) groups is 1. The summed E-state index contributed by atoms with van der Waals surface area (Å²) < 4.78 is 0. The topological polar surface area (TPSA) is 110 Å². The number of carbonyl (C=O) groups is 2. The third-order valence-electron chi connectivity index (χ3n) is 3.04. The van der Waals surface area contributed by atoms with Gasteiger partial charge in [-0.15, -0.1) is 11.8 Å². The quantitative estimate of drug-likeness (QED) is 0.453. The Morgan fingerprint density at radius 3 is 2.42 bits per heavy atom. The third-order valence-corrected chi connectivity index (χ3v) is 4.04. The molecule has 8 heteroatoms. The van der Waals surface area contributed by atoms with Crippen molar-refractivity contribution < 1.29 is 19.6 Å². The lowest BCUT2D eigenvalue weighted by atomic mass is 10.1. The van der Waals surface area contributed by atoms with Gasteiger partial charge in [-0.2, -0.15) is 0 Å². The summed E-state index contributed by atoms with van der Waals surface area (Å²) >= 11 is 1.18. The Bertz CT molecular complexity index is 761. The largest absolute Gasteiger partial charge is 0.481 e. The minimum absolute atomic E-state index is 0.0383. The van der Waals surface area contributed by atoms with Gasteiger partial charge in [-0.3, -0.25) is 19.7 Å². The van der Waals surface area contributed by atoms with Crippen LogP contribution in [0.3, 0.4) is 0 Å². The molecule has 0 aliphatic rings. The third kappa shape index (κ3) is 5.10. The van der Waals surface area contributed by atoms with Crippen LogP contribution in [0.5, 0.6) is 0 Å². The molecular weight excluding hydrogens is 332 g/mol. The van der Waals surface area contributed by atoms with E-state index in [1.807, 2.05) is 0 Å². The fourth-order valence-electron chi connectivity index (χ4n) is 2.00. The van der Waals surface area contributed by atoms with Crippen molar-refractivity contribution in [3.8, 4) is 0 Å². The van der Waals surface area contributed by atoms with E-state index >= 15 is 0 Å². The minimum Gasteiger partial charge on any atom is -0.481 e. The molecule has 0 fully saturated rings. The highest BCUT2D eigenvalue weighted by Gasteiger charge is 2.15. The lowest BCUT2D eigenvalue weighted by Crippen LogP contribution is -2.15. The highest BCUT2D eigenvalue weighted by Crippen LogP contribution is 2.21. The fourth-order valence-corrected chi connectivity index (χ4v) is 2.61. The summed E-state index contributed by atoms with van der Waals surface area (Å²) in [5.41, 5.74) is 0.792. The van der Waals surface area contributed by atoms with Gasteiger partial charge in [-0.1, -0.05) is 18.2 Å². The highest BCUT2D eigenvalue weighted by molar-refractivity contribution is 8.00. The summed E-state index contributed by atoms with van der Waals surface area (Å²) in [6.07, 6.45) is -0.104. The van der Waals surface area contributed by atoms with Crippen LogP contribution in [0.25, 0.3) is 0 Å². The average molecular weight is 346 g/mol. The first-order valence-electron chi connectivity index (χ1n) is 6.92. The number of nitro benzene ring substituents is 1. The lowest BCUT2D eigenvalue weighted by molar-refractivity contribution is -0.385. The number of nitrogens with one attached hydrogen (secondary N) is 1. The molecule has 0 aliphatic carbocycles. The molecule has 0 bridgehead atoms. The second-order valence-corrected chi connectivity index (χ2v) is 5.87. The van der Waals surface area contributed by atoms with Gasteiger partial charge in [0.1, 0.15) is 0 Å². The van der Waals surface area contributed by atoms with Crippen molar-refractivity contribution in [2.45, 2.75) is 11.3 Å². The van der Waals surface area contributed by atoms with Gasteiger partial charge >= 0.3 is 5.97 Å². The van der Waals surface area contributed by atoms with Crippen LogP contribution >= 0.6 is 11.8 Å². The summed E-state index contributed by atoms with van der Waals surface area (Å²) in [6.45, 7) is 0. The van der Waals surface area contributed by atoms with Crippen LogP contribution < -0.4 is 5.32 Å². The molecular formula is C16H14N2O5S. The van der Waals surface area contributed by atoms with Crippen molar-refractivity contribution in [3.05, 3.63) is 64.2 Å². The molecule has 0 unspecified atom stereocenters. The number of amides is 1. The zero-order valence-corrected chi connectivity index (χ0v) is 13.3. The van der Waals surface area contributed by atoms with Gasteiger partial charge in [0.05, 0.1) is 17.1 Å². The Labute approximate surface area is 141 Å². The highest BCUT2D eigenvalue weighted by atomic mass is 32.2. The summed E-state index contributed by atoms with van der Waals surface area (Å²) in [6, 6.07) is 12.8. The minimum atomic E-state index is -0.901. The molecule has 0 saturated heterocycles. The van der Waals surface area contributed by atoms with Crippen LogP contribution in [-0.2, 0) is 16.0 Å². The summed E-state index contributed by atoms with van der Waals surface area (Å²) in [4.78, 5) is 33.7. The van der Waals surface area contributed by atoms with Gasteiger partial charge in [-0.05, 0) is 24.3 Å². The molecule has 2 aromatic rings. The normalized spacial score (nSPS) is 10.2. The number of rotatable bonds is 7. The number of para-hydroxylation sites is 1. The van der Waals surface area contributed by atoms with Crippen molar-refractivity contribution in [2.75, 3.05) is 11.1 Å². The predicted molar refractivity (Wildman–Crippen MR) is 90.2 cm³/mol. The molecule has 7 nitrogen and oxygen atoms in total. The van der Waals surface area contributed by atoms with Gasteiger partial charge in [0, 0.05) is 22.2 Å². The smallest absolute Gasteiger partial charge is 0.313 e. The van der Waals surface area contributed by atoms with E-state index in [2.05, 4.69) is 5.32 Å². The first-order valence-corrected chi connectivity index (χ1v) is 7.91. The number of nitro groups is 1. The fraction of sp³-hybridized carbons (Fsp3) is 0.125. The van der Waals surface area contributed by atoms with E-state index in [1.165, 1.54) is 17.8 Å². The molecule has 0 spiro atoms. The number of carboxylic acids is 1. The number of aliphatic carboxylic acids is 1. The van der Waals surface area contributed by atoms with E-state index in [0.29, 0.717) is 11.3 Å². The second kappa shape index (κ2) is 8.11. The summed E-state index contributed by atoms with van der Waals surface area (Å²) in [5.74, 6) is -1.30. The molecule has 2 rings (SSSR count). The molecule has 24 heavy (non-hydrogen) atoms. The summed E-state index contributed by atoms with van der Waals surface area (Å²) in [5, 5.41) is 22.2. The van der Waals surface area contributed by atoms with Crippen molar-refractivity contribution in [3.63, 3.8) is 0 Å². The SMILES string of the molecule is O=C(O)CSc1ccc(NC(=O)Cc2ccccc2[N+](=O)[O-])cc1. The van der Waals surface area contributed by atoms with Crippen LogP contribution in [-0.4, -0.2) is 27.7 Å². The van der Waals surface area contributed by atoms with E-state index in [1.54, 1.807) is 42.5 Å². The zero-order chi connectivity index (χ0) is 17.5. The maximum Gasteiger partial charge on any atom is 0.313 e. The molecule has 124 valence electrons. The zero-order valence-electron chi connectivity index (χ0n) is 12.5. The molecule has 2 N–H and O–H groups in total. The molecule has 0 saturated carbocycles. The Balaban J connectivity index is 1.98. The van der Waals surface area contributed by atoms with Gasteiger partial charge in [-0.25, -0.2) is 0 Å². The number of carbonyl (C=O) groups excluding carboxylic acids is 1. The average Bonchev–Trinajstić information content (AvgIpc) is 2.54. The molecule has 0 atom stereocenters. The standard InChI is InChI=1S/C16H14N2O5S/c19-15(9-11-3-1-2-4-14(11)18(22)23)17-12-5-7-13(8-6-12)24-10-16(20)21/h1-8H,9-10H2,(H,17,19)(H,20,21). The van der Waals surface area contributed by atoms with E-state index < -0.39 is 10.9 Å². The Kier molecular flexibility index (Phi) is 5.91. The van der Waals surface area contributed by atoms with Gasteiger partial charge < -0.3 is 10.4 Å². The molecule has 0 aliphatic heterocycles. The number of benzene rings is 2. The number of hydrogen-bond acceptors (Lipinski definition) is 5. The Morgan fingerprint density at radius 2 is 1.79 bits per heavy atom. The number of hydrogen-bond donors (Lipinski definition) is 2. The molecule has 0 heterocycles. The monoisotopic (exact) mass is 346 g/mol. The number of carboxylic acid groups (broad SMARTS) is 1. The van der Waals surface area contributed by atoms with E-state index in [0.717, 1.165) is 4.90 Å². The van der Waals surface area contributed by atoms with Crippen molar-refractivity contribution in [2.24, 2.45) is 0 Å². The first kappa shape index (κ1) is 17.5. The van der Waals surface area contributed by atoms with Crippen molar-refractivity contribution in [1.29, 1.82) is 0 Å². The molecule has 0 aromatic heterocycles. The Morgan fingerprint density at radius 1 is 1.12 bits per heavy atom. The Hall–Kier alpha value is -2.87. The predicted octanol–water partition coefficient (Wildman–Crippen LogP) is 2.95. The van der Waals surface area contributed by atoms with Crippen LogP contribution in [0.4, 0.5) is 11.4 Å². The van der Waals surface area contributed by atoms with Gasteiger partial charge in [0.25, 0.3) is 5.69 Å². The van der Waals surface area contributed by atoms with Gasteiger partial charge in [0.15, 0.2) is 0 Å². The molecule has 2 aromatic carbocycles. The van der Waals surface area contributed by atoms with E-state index in [-0.39, 0.29) is 23.8 Å². The van der Waals surface area contributed by atoms with E-state index in [9.17, 15) is 19.7 Å². The van der Waals surface area contributed by atoms with E-state index in [4.69, 9.17) is 5.11 Å². The maximum atomic E-state index is 12.0. The maximum absolute atomic E-state index is 12.0. The first-order chi connectivity index (χ1) is 11.5. The molecule has 1 amide bonds. The number of nitrogens with zero attached hydrogens (tertiary/aromatic N) is 1. The lowest BCUT2D eigenvalue weighted by Gasteiger charge is -2.07. The number of anilines is 1. The van der Waals surface area contributed by atoms with Crippen LogP contribution in [0, 0.1) is 10.1 Å². The molecule has 0 radical (unpaired) electrons. The van der Waals surface area contributed by atoms with Gasteiger partial charge in [0.2, 0.25) is 5.91 Å². The van der Waals surface area contributed by atoms with Crippen molar-refractivity contribution in [1.82, 2.24) is 0 Å².